The number of amides is 2. The number of aromatic nitrogens is 2. The summed E-state index contributed by atoms with van der Waals surface area (Å²) in [4.78, 5) is 51.2. The number of anilines is 1. The predicted octanol–water partition coefficient (Wildman–Crippen LogP) is 1.47. The summed E-state index contributed by atoms with van der Waals surface area (Å²) in [6.45, 7) is 4.52. The molecule has 1 unspecified atom stereocenters. The molecule has 1 aliphatic heterocycles. The zero-order valence-corrected chi connectivity index (χ0v) is 17.5. The average Bonchev–Trinajstić information content (AvgIpc) is 3.55. The van der Waals surface area contributed by atoms with Crippen LogP contribution in [0, 0.1) is 5.92 Å². The summed E-state index contributed by atoms with van der Waals surface area (Å²) in [5, 5.41) is 12.2. The first-order valence-corrected chi connectivity index (χ1v) is 10.5. The second kappa shape index (κ2) is 8.18. The number of urea groups is 1. The number of carbonyl (C=O) groups is 2. The number of morpholine rings is 1. The minimum atomic E-state index is -1.12. The van der Waals surface area contributed by atoms with E-state index in [9.17, 15) is 19.2 Å². The third kappa shape index (κ3) is 4.20. The molecule has 1 saturated heterocycles. The molecule has 2 amide bonds. The van der Waals surface area contributed by atoms with Crippen LogP contribution in [0.4, 0.5) is 10.5 Å². The van der Waals surface area contributed by atoms with Crippen molar-refractivity contribution in [3.05, 3.63) is 39.0 Å². The summed E-state index contributed by atoms with van der Waals surface area (Å²) in [6, 6.07) is 4.27. The highest BCUT2D eigenvalue weighted by molar-refractivity contribution is 5.93. The van der Waals surface area contributed by atoms with Gasteiger partial charge in [0.05, 0.1) is 24.1 Å². The van der Waals surface area contributed by atoms with E-state index in [0.717, 1.165) is 12.8 Å². The normalized spacial score (nSPS) is 19.1. The SMILES string of the molecule is CC(C)n1c(=O)n(CC2CC2)c(=O)c2cc(NC(=O)N3CCOC(C(=O)O)C3)ccc21. The number of nitrogens with zero attached hydrogens (tertiary/aromatic N) is 3. The summed E-state index contributed by atoms with van der Waals surface area (Å²) >= 11 is 0. The smallest absolute Gasteiger partial charge is 0.334 e. The molecule has 2 N–H and O–H groups in total. The molecule has 1 aromatic heterocycles. The number of hydrogen-bond acceptors (Lipinski definition) is 5. The third-order valence-electron chi connectivity index (χ3n) is 5.70. The van der Waals surface area contributed by atoms with Crippen molar-refractivity contribution in [3.8, 4) is 0 Å². The van der Waals surface area contributed by atoms with Crippen molar-refractivity contribution in [2.24, 2.45) is 5.92 Å². The van der Waals surface area contributed by atoms with E-state index in [4.69, 9.17) is 9.84 Å². The van der Waals surface area contributed by atoms with Crippen molar-refractivity contribution in [2.45, 2.75) is 45.4 Å². The van der Waals surface area contributed by atoms with Gasteiger partial charge in [-0.05, 0) is 50.8 Å². The van der Waals surface area contributed by atoms with Crippen LogP contribution in [0.2, 0.25) is 0 Å². The number of benzene rings is 1. The molecule has 0 bridgehead atoms. The van der Waals surface area contributed by atoms with Crippen molar-refractivity contribution < 1.29 is 19.4 Å². The summed E-state index contributed by atoms with van der Waals surface area (Å²) in [7, 11) is 0. The molecule has 1 saturated carbocycles. The van der Waals surface area contributed by atoms with Crippen molar-refractivity contribution >= 4 is 28.6 Å². The van der Waals surface area contributed by atoms with Crippen LogP contribution in [0.25, 0.3) is 10.9 Å². The Bertz CT molecular complexity index is 1150. The van der Waals surface area contributed by atoms with Gasteiger partial charge < -0.3 is 20.1 Å². The molecule has 0 spiro atoms. The molecule has 1 atom stereocenters. The van der Waals surface area contributed by atoms with E-state index in [0.29, 0.717) is 29.1 Å². The van der Waals surface area contributed by atoms with Crippen LogP contribution >= 0.6 is 0 Å². The summed E-state index contributed by atoms with van der Waals surface area (Å²) in [5.41, 5.74) is 0.244. The number of rotatable bonds is 5. The van der Waals surface area contributed by atoms with Crippen molar-refractivity contribution in [3.63, 3.8) is 0 Å². The van der Waals surface area contributed by atoms with E-state index in [2.05, 4.69) is 5.32 Å². The number of carbonyl (C=O) groups excluding carboxylic acids is 1. The van der Waals surface area contributed by atoms with Crippen LogP contribution in [0.1, 0.15) is 32.7 Å². The zero-order valence-electron chi connectivity index (χ0n) is 17.5. The Labute approximate surface area is 178 Å². The van der Waals surface area contributed by atoms with E-state index in [-0.39, 0.29) is 37.0 Å². The number of ether oxygens (including phenoxy) is 1. The van der Waals surface area contributed by atoms with Crippen molar-refractivity contribution in [1.82, 2.24) is 14.0 Å². The molecule has 31 heavy (non-hydrogen) atoms. The lowest BCUT2D eigenvalue weighted by Crippen LogP contribution is -2.49. The second-order valence-corrected chi connectivity index (χ2v) is 8.41. The van der Waals surface area contributed by atoms with Crippen LogP contribution in [-0.4, -0.2) is 56.9 Å². The fourth-order valence-electron chi connectivity index (χ4n) is 3.86. The molecule has 2 aromatic rings. The molecule has 2 fully saturated rings. The number of carboxylic acids is 1. The molecule has 166 valence electrons. The van der Waals surface area contributed by atoms with E-state index in [1.165, 1.54) is 9.47 Å². The molecule has 10 nitrogen and oxygen atoms in total. The lowest BCUT2D eigenvalue weighted by atomic mass is 10.2. The van der Waals surface area contributed by atoms with Gasteiger partial charge in [-0.2, -0.15) is 0 Å². The molecular formula is C21H26N4O6. The number of hydrogen-bond donors (Lipinski definition) is 2. The number of carboxylic acid groups (broad SMARTS) is 1. The van der Waals surface area contributed by atoms with E-state index in [1.54, 1.807) is 22.8 Å². The first-order valence-electron chi connectivity index (χ1n) is 10.5. The maximum Gasteiger partial charge on any atom is 0.334 e. The molecule has 0 radical (unpaired) electrons. The second-order valence-electron chi connectivity index (χ2n) is 8.41. The quantitative estimate of drug-likeness (QED) is 0.741. The highest BCUT2D eigenvalue weighted by Gasteiger charge is 2.29. The first kappa shape index (κ1) is 21.1. The largest absolute Gasteiger partial charge is 0.479 e. The number of nitrogens with one attached hydrogen (secondary N) is 1. The Morgan fingerprint density at radius 3 is 2.65 bits per heavy atom. The van der Waals surface area contributed by atoms with Crippen LogP contribution in [0.5, 0.6) is 0 Å². The van der Waals surface area contributed by atoms with Crippen LogP contribution in [0.3, 0.4) is 0 Å². The predicted molar refractivity (Wildman–Crippen MR) is 114 cm³/mol. The van der Waals surface area contributed by atoms with Gasteiger partial charge in [0.15, 0.2) is 6.10 Å². The maximum atomic E-state index is 13.1. The molecular weight excluding hydrogens is 404 g/mol. The van der Waals surface area contributed by atoms with Crippen molar-refractivity contribution in [1.29, 1.82) is 0 Å². The van der Waals surface area contributed by atoms with Crippen LogP contribution < -0.4 is 16.6 Å². The van der Waals surface area contributed by atoms with E-state index >= 15 is 0 Å². The Morgan fingerprint density at radius 2 is 2.00 bits per heavy atom. The summed E-state index contributed by atoms with van der Waals surface area (Å²) in [5.74, 6) is -0.763. The molecule has 10 heteroatoms. The lowest BCUT2D eigenvalue weighted by molar-refractivity contribution is -0.154. The Balaban J connectivity index is 1.67. The van der Waals surface area contributed by atoms with Gasteiger partial charge in [-0.25, -0.2) is 14.4 Å². The van der Waals surface area contributed by atoms with Crippen molar-refractivity contribution in [2.75, 3.05) is 25.0 Å². The van der Waals surface area contributed by atoms with E-state index < -0.39 is 18.1 Å². The Hall–Kier alpha value is -3.14. The molecule has 2 aliphatic rings. The molecule has 4 rings (SSSR count). The highest BCUT2D eigenvalue weighted by Crippen LogP contribution is 2.30. The topological polar surface area (TPSA) is 123 Å². The van der Waals surface area contributed by atoms with Gasteiger partial charge in [0.1, 0.15) is 0 Å². The number of aliphatic carboxylic acids is 1. The minimum Gasteiger partial charge on any atom is -0.479 e. The van der Waals surface area contributed by atoms with Gasteiger partial charge in [0.2, 0.25) is 0 Å². The third-order valence-corrected chi connectivity index (χ3v) is 5.70. The average molecular weight is 430 g/mol. The first-order chi connectivity index (χ1) is 14.8. The monoisotopic (exact) mass is 430 g/mol. The zero-order chi connectivity index (χ0) is 22.3. The highest BCUT2D eigenvalue weighted by atomic mass is 16.5. The van der Waals surface area contributed by atoms with Gasteiger partial charge in [0, 0.05) is 24.8 Å². The Kier molecular flexibility index (Phi) is 5.57. The van der Waals surface area contributed by atoms with E-state index in [1.807, 2.05) is 13.8 Å². The molecule has 1 aromatic carbocycles. The van der Waals surface area contributed by atoms with Gasteiger partial charge >= 0.3 is 17.7 Å². The Morgan fingerprint density at radius 1 is 1.26 bits per heavy atom. The molecule has 1 aliphatic carbocycles. The maximum absolute atomic E-state index is 13.1. The summed E-state index contributed by atoms with van der Waals surface area (Å²) < 4.78 is 8.04. The lowest BCUT2D eigenvalue weighted by Gasteiger charge is -2.30. The van der Waals surface area contributed by atoms with Gasteiger partial charge in [-0.1, -0.05) is 0 Å². The van der Waals surface area contributed by atoms with Gasteiger partial charge in [-0.15, -0.1) is 0 Å². The standard InChI is InChI=1S/C21H26N4O6/c1-12(2)25-16-6-5-14(22-20(29)23-7-8-31-17(11-23)19(27)28)9-15(16)18(26)24(21(25)30)10-13-3-4-13/h5-6,9,12-13,17H,3-4,7-8,10-11H2,1-2H3,(H,22,29)(H,27,28). The van der Waals surface area contributed by atoms with Gasteiger partial charge in [-0.3, -0.25) is 13.9 Å². The fourth-order valence-corrected chi connectivity index (χ4v) is 3.86. The van der Waals surface area contributed by atoms with Gasteiger partial charge in [0.25, 0.3) is 5.56 Å². The van der Waals surface area contributed by atoms with Crippen LogP contribution in [0.15, 0.2) is 27.8 Å². The molecule has 2 heterocycles. The summed E-state index contributed by atoms with van der Waals surface area (Å²) in [6.07, 6.45) is 0.961. The number of fused-ring (bicyclic) bond motifs is 1. The van der Waals surface area contributed by atoms with Crippen LogP contribution in [-0.2, 0) is 16.1 Å². The fraction of sp³-hybridized carbons (Fsp3) is 0.524. The minimum absolute atomic E-state index is 0.0597.